The molecule has 1 aliphatic carbocycles. The molecular formula is C26H37N5O3. The van der Waals surface area contributed by atoms with Crippen molar-refractivity contribution >= 4 is 17.9 Å². The lowest BCUT2D eigenvalue weighted by Gasteiger charge is -2.42. The molecule has 0 radical (unpaired) electrons. The van der Waals surface area contributed by atoms with Crippen LogP contribution in [-0.2, 0) is 10.2 Å². The summed E-state index contributed by atoms with van der Waals surface area (Å²) >= 11 is 0. The molecule has 2 aliphatic rings. The Morgan fingerprint density at radius 1 is 1.18 bits per heavy atom. The van der Waals surface area contributed by atoms with Crippen LogP contribution in [0.25, 0.3) is 0 Å². The first-order valence-electron chi connectivity index (χ1n) is 12.2. The van der Waals surface area contributed by atoms with E-state index in [1.54, 1.807) is 11.0 Å². The number of nitrogens with one attached hydrogen (secondary N) is 2. The van der Waals surface area contributed by atoms with Crippen LogP contribution in [0, 0.1) is 13.8 Å². The molecule has 4 rings (SSSR count). The number of aromatic nitrogens is 2. The molecule has 1 unspecified atom stereocenters. The van der Waals surface area contributed by atoms with E-state index < -0.39 is 5.60 Å². The smallest absolute Gasteiger partial charge is 0.410 e. The van der Waals surface area contributed by atoms with Gasteiger partial charge in [0.05, 0.1) is 6.04 Å². The molecular weight excluding hydrogens is 430 g/mol. The molecule has 1 aromatic carbocycles. The minimum Gasteiger partial charge on any atom is -0.444 e. The topological polar surface area (TPSA) is 88.5 Å². The van der Waals surface area contributed by atoms with Crippen molar-refractivity contribution in [3.8, 4) is 0 Å². The summed E-state index contributed by atoms with van der Waals surface area (Å²) in [6.07, 6.45) is 5.70. The highest BCUT2D eigenvalue weighted by Gasteiger charge is 2.39. The van der Waals surface area contributed by atoms with Gasteiger partial charge in [0, 0.05) is 37.3 Å². The van der Waals surface area contributed by atoms with Gasteiger partial charge in [0.25, 0.3) is 0 Å². The number of carbonyl (C=O) groups excluding carboxylic acids is 2. The maximum absolute atomic E-state index is 12.6. The molecule has 2 aromatic rings. The highest BCUT2D eigenvalue weighted by Crippen LogP contribution is 2.43. The van der Waals surface area contributed by atoms with Gasteiger partial charge in [0.2, 0.25) is 0 Å². The Morgan fingerprint density at radius 2 is 1.94 bits per heavy atom. The number of rotatable bonds is 5. The van der Waals surface area contributed by atoms with E-state index in [1.165, 1.54) is 23.1 Å². The predicted molar refractivity (Wildman–Crippen MR) is 132 cm³/mol. The number of benzene rings is 1. The van der Waals surface area contributed by atoms with Crippen LogP contribution in [0.3, 0.4) is 0 Å². The van der Waals surface area contributed by atoms with Gasteiger partial charge in [-0.1, -0.05) is 24.6 Å². The lowest BCUT2D eigenvalue weighted by atomic mass is 9.64. The van der Waals surface area contributed by atoms with Crippen molar-refractivity contribution < 1.29 is 14.3 Å². The Morgan fingerprint density at radius 3 is 2.59 bits per heavy atom. The van der Waals surface area contributed by atoms with Crippen LogP contribution in [0.15, 0.2) is 30.5 Å². The van der Waals surface area contributed by atoms with Gasteiger partial charge in [-0.25, -0.2) is 9.59 Å². The largest absolute Gasteiger partial charge is 0.444 e. The van der Waals surface area contributed by atoms with Gasteiger partial charge in [-0.15, -0.1) is 0 Å². The van der Waals surface area contributed by atoms with Crippen molar-refractivity contribution in [2.24, 2.45) is 0 Å². The molecule has 2 N–H and O–H groups in total. The lowest BCUT2D eigenvalue weighted by molar-refractivity contribution is 0.0288. The third kappa shape index (κ3) is 5.37. The third-order valence-electron chi connectivity index (χ3n) is 7.06. The quantitative estimate of drug-likeness (QED) is 0.653. The Kier molecular flexibility index (Phi) is 6.60. The second-order valence-corrected chi connectivity index (χ2v) is 10.8. The van der Waals surface area contributed by atoms with Gasteiger partial charge in [0.15, 0.2) is 5.82 Å². The van der Waals surface area contributed by atoms with E-state index in [4.69, 9.17) is 4.74 Å². The number of hydrogen-bond acceptors (Lipinski definition) is 4. The van der Waals surface area contributed by atoms with E-state index in [-0.39, 0.29) is 23.6 Å². The number of carbonyl (C=O) groups is 2. The van der Waals surface area contributed by atoms with Crippen LogP contribution >= 0.6 is 0 Å². The molecule has 3 amide bonds. The Labute approximate surface area is 202 Å². The summed E-state index contributed by atoms with van der Waals surface area (Å²) in [6, 6.07) is 8.24. The average Bonchev–Trinajstić information content (AvgIpc) is 3.38. The van der Waals surface area contributed by atoms with Gasteiger partial charge in [-0.3, -0.25) is 10.00 Å². The molecule has 1 saturated heterocycles. The number of urea groups is 1. The molecule has 8 heteroatoms. The van der Waals surface area contributed by atoms with E-state index >= 15 is 0 Å². The molecule has 8 nitrogen and oxygen atoms in total. The number of amides is 3. The predicted octanol–water partition coefficient (Wildman–Crippen LogP) is 4.93. The third-order valence-corrected chi connectivity index (χ3v) is 7.06. The van der Waals surface area contributed by atoms with Crippen LogP contribution in [0.2, 0.25) is 0 Å². The van der Waals surface area contributed by atoms with Crippen LogP contribution < -0.4 is 10.6 Å². The number of ether oxygens (including phenoxy) is 1. The van der Waals surface area contributed by atoms with Crippen molar-refractivity contribution in [3.63, 3.8) is 0 Å². The zero-order chi connectivity index (χ0) is 24.5. The minimum absolute atomic E-state index is 0.0180. The molecule has 184 valence electrons. The minimum atomic E-state index is -0.512. The molecule has 1 saturated carbocycles. The zero-order valence-corrected chi connectivity index (χ0v) is 21.0. The summed E-state index contributed by atoms with van der Waals surface area (Å²) < 4.78 is 7.29. The van der Waals surface area contributed by atoms with E-state index in [9.17, 15) is 9.59 Å². The maximum Gasteiger partial charge on any atom is 0.410 e. The standard InChI is InChI=1S/C26H37N5O3/c1-18-7-8-20(15-19(18)2)26(11-6-12-26)17-27-23(32)28-22-10-14-31(29-22)21-9-13-30(16-21)24(33)34-25(3,4)5/h7-8,10,14-15,21H,6,9,11-13,16-17H2,1-5H3,(H2,27,28,29,32). The van der Waals surface area contributed by atoms with Crippen LogP contribution in [0.5, 0.6) is 0 Å². The van der Waals surface area contributed by atoms with Crippen molar-refractivity contribution in [2.75, 3.05) is 25.0 Å². The Balaban J connectivity index is 1.30. The van der Waals surface area contributed by atoms with E-state index in [0.29, 0.717) is 25.5 Å². The Bertz CT molecular complexity index is 1050. The van der Waals surface area contributed by atoms with Crippen LogP contribution in [0.4, 0.5) is 15.4 Å². The van der Waals surface area contributed by atoms with Gasteiger partial charge in [-0.2, -0.15) is 5.10 Å². The van der Waals surface area contributed by atoms with Crippen molar-refractivity contribution in [2.45, 2.75) is 77.4 Å². The molecule has 0 bridgehead atoms. The van der Waals surface area contributed by atoms with Crippen LogP contribution in [-0.4, -0.2) is 52.0 Å². The number of likely N-dealkylation sites (tertiary alicyclic amines) is 1. The first kappa shape index (κ1) is 24.1. The molecule has 0 spiro atoms. The van der Waals surface area contributed by atoms with E-state index in [2.05, 4.69) is 47.8 Å². The first-order chi connectivity index (χ1) is 16.0. The Hall–Kier alpha value is -3.03. The van der Waals surface area contributed by atoms with Crippen molar-refractivity contribution in [1.82, 2.24) is 20.0 Å². The summed E-state index contributed by atoms with van der Waals surface area (Å²) in [5, 5.41) is 10.4. The normalized spacial score (nSPS) is 19.4. The SMILES string of the molecule is Cc1ccc(C2(CNC(=O)Nc3ccn(C4CCN(C(=O)OC(C)(C)C)C4)n3)CCC2)cc1C. The monoisotopic (exact) mass is 467 g/mol. The maximum atomic E-state index is 12.6. The molecule has 34 heavy (non-hydrogen) atoms. The summed E-state index contributed by atoms with van der Waals surface area (Å²) in [4.78, 5) is 26.6. The summed E-state index contributed by atoms with van der Waals surface area (Å²) in [6.45, 7) is 11.6. The first-order valence-corrected chi connectivity index (χ1v) is 12.2. The number of aryl methyl sites for hydroxylation is 2. The van der Waals surface area contributed by atoms with Gasteiger partial charge < -0.3 is 15.0 Å². The summed E-state index contributed by atoms with van der Waals surface area (Å²) in [5.74, 6) is 0.502. The van der Waals surface area contributed by atoms with Gasteiger partial charge >= 0.3 is 12.1 Å². The summed E-state index contributed by atoms with van der Waals surface area (Å²) in [7, 11) is 0. The molecule has 2 fully saturated rings. The number of nitrogens with zero attached hydrogens (tertiary/aromatic N) is 3. The average molecular weight is 468 g/mol. The summed E-state index contributed by atoms with van der Waals surface area (Å²) in [5.41, 5.74) is 3.39. The second-order valence-electron chi connectivity index (χ2n) is 10.8. The zero-order valence-electron chi connectivity index (χ0n) is 21.0. The molecule has 1 aliphatic heterocycles. The van der Waals surface area contributed by atoms with Crippen LogP contribution in [0.1, 0.15) is 69.2 Å². The van der Waals surface area contributed by atoms with E-state index in [1.807, 2.05) is 31.6 Å². The molecule has 1 atom stereocenters. The van der Waals surface area contributed by atoms with E-state index in [0.717, 1.165) is 19.3 Å². The lowest BCUT2D eigenvalue weighted by Crippen LogP contribution is -2.46. The number of anilines is 1. The van der Waals surface area contributed by atoms with Crippen molar-refractivity contribution in [3.05, 3.63) is 47.2 Å². The number of hydrogen-bond donors (Lipinski definition) is 2. The molecule has 2 heterocycles. The van der Waals surface area contributed by atoms with Gasteiger partial charge in [-0.05, 0) is 70.6 Å². The second kappa shape index (κ2) is 9.31. The fourth-order valence-electron chi connectivity index (χ4n) is 4.71. The molecule has 1 aromatic heterocycles. The van der Waals surface area contributed by atoms with Gasteiger partial charge in [0.1, 0.15) is 5.60 Å². The highest BCUT2D eigenvalue weighted by atomic mass is 16.6. The fourth-order valence-corrected chi connectivity index (χ4v) is 4.71. The highest BCUT2D eigenvalue weighted by molar-refractivity contribution is 5.88. The fraction of sp³-hybridized carbons (Fsp3) is 0.577. The van der Waals surface area contributed by atoms with Crippen molar-refractivity contribution in [1.29, 1.82) is 0 Å².